The van der Waals surface area contributed by atoms with Crippen LogP contribution in [0.2, 0.25) is 0 Å². The van der Waals surface area contributed by atoms with Crippen LogP contribution in [-0.4, -0.2) is 25.5 Å². The smallest absolute Gasteiger partial charge is 0.261 e. The number of aryl methyl sites for hydroxylation is 1. The van der Waals surface area contributed by atoms with Gasteiger partial charge in [-0.3, -0.25) is 14.2 Å². The van der Waals surface area contributed by atoms with Crippen LogP contribution < -0.4 is 5.56 Å². The zero-order valence-electron chi connectivity index (χ0n) is 15.2. The molecule has 138 valence electrons. The van der Waals surface area contributed by atoms with Gasteiger partial charge in [-0.15, -0.1) is 0 Å². The number of hydrogen-bond acceptors (Lipinski definition) is 6. The fourth-order valence-electron chi connectivity index (χ4n) is 4.85. The number of halogens is 1. The third-order valence-corrected chi connectivity index (χ3v) is 6.01. The van der Waals surface area contributed by atoms with Gasteiger partial charge in [0.05, 0.1) is 16.3 Å². The van der Waals surface area contributed by atoms with Gasteiger partial charge in [-0.05, 0) is 45.2 Å². The fraction of sp³-hybridized carbons (Fsp3) is 0.421. The number of ketones is 1. The molecule has 2 bridgehead atoms. The molecule has 3 fully saturated rings. The van der Waals surface area contributed by atoms with Crippen LogP contribution in [0.1, 0.15) is 54.1 Å². The van der Waals surface area contributed by atoms with E-state index in [9.17, 15) is 14.0 Å². The lowest BCUT2D eigenvalue weighted by atomic mass is 9.34. The third-order valence-electron chi connectivity index (χ3n) is 6.01. The average molecular weight is 368 g/mol. The first-order chi connectivity index (χ1) is 12.7. The molecule has 3 aliphatic carbocycles. The lowest BCUT2D eigenvalue weighted by Gasteiger charge is -2.68. The predicted molar refractivity (Wildman–Crippen MR) is 93.2 cm³/mol. The van der Waals surface area contributed by atoms with E-state index in [0.717, 1.165) is 31.4 Å². The molecule has 0 unspecified atom stereocenters. The van der Waals surface area contributed by atoms with Crippen LogP contribution in [0, 0.1) is 12.7 Å². The Labute approximate surface area is 153 Å². The molecule has 3 saturated carbocycles. The number of rotatable bonds is 3. The number of nitrogens with zero attached hydrogens (tertiary/aromatic N) is 4. The van der Waals surface area contributed by atoms with Gasteiger partial charge in [0.15, 0.2) is 11.6 Å². The molecular formula is C19H17FN4O3. The van der Waals surface area contributed by atoms with Crippen LogP contribution in [0.15, 0.2) is 21.5 Å². The summed E-state index contributed by atoms with van der Waals surface area (Å²) in [6.07, 6.45) is 2.30. The van der Waals surface area contributed by atoms with Crippen molar-refractivity contribution in [2.24, 2.45) is 7.05 Å². The van der Waals surface area contributed by atoms with E-state index in [-0.39, 0.29) is 38.6 Å². The van der Waals surface area contributed by atoms with E-state index in [0.29, 0.717) is 17.5 Å². The summed E-state index contributed by atoms with van der Waals surface area (Å²) in [7, 11) is 1.65. The highest BCUT2D eigenvalue weighted by molar-refractivity contribution is 6.05. The van der Waals surface area contributed by atoms with Crippen LogP contribution in [0.25, 0.3) is 10.9 Å². The number of benzene rings is 1. The average Bonchev–Trinajstić information content (AvgIpc) is 2.95. The number of fused-ring (bicyclic) bond motifs is 1. The van der Waals surface area contributed by atoms with Crippen molar-refractivity contribution in [3.05, 3.63) is 51.4 Å². The van der Waals surface area contributed by atoms with E-state index >= 15 is 0 Å². The molecule has 27 heavy (non-hydrogen) atoms. The van der Waals surface area contributed by atoms with Gasteiger partial charge in [0.25, 0.3) is 5.56 Å². The molecule has 0 N–H and O–H groups in total. The van der Waals surface area contributed by atoms with Gasteiger partial charge in [0.1, 0.15) is 11.6 Å². The molecular weight excluding hydrogens is 351 g/mol. The second kappa shape index (κ2) is 4.88. The van der Waals surface area contributed by atoms with Gasteiger partial charge in [0, 0.05) is 18.0 Å². The lowest BCUT2D eigenvalue weighted by molar-refractivity contribution is -0.0966. The van der Waals surface area contributed by atoms with Crippen molar-refractivity contribution < 1.29 is 13.7 Å². The maximum absolute atomic E-state index is 13.9. The summed E-state index contributed by atoms with van der Waals surface area (Å²) in [4.78, 5) is 33.8. The highest BCUT2D eigenvalue weighted by Crippen LogP contribution is 2.73. The van der Waals surface area contributed by atoms with E-state index in [1.807, 2.05) is 0 Å². The largest absolute Gasteiger partial charge is 0.339 e. The van der Waals surface area contributed by atoms with Gasteiger partial charge < -0.3 is 4.52 Å². The van der Waals surface area contributed by atoms with E-state index in [1.54, 1.807) is 14.0 Å². The molecule has 2 heterocycles. The summed E-state index contributed by atoms with van der Waals surface area (Å²) in [6.45, 7) is 3.13. The van der Waals surface area contributed by atoms with Crippen LogP contribution in [0.3, 0.4) is 0 Å². The maximum Gasteiger partial charge on any atom is 0.261 e. The predicted octanol–water partition coefficient (Wildman–Crippen LogP) is 2.34. The molecule has 1 aromatic carbocycles. The second-order valence-electron chi connectivity index (χ2n) is 7.94. The van der Waals surface area contributed by atoms with Gasteiger partial charge in [-0.1, -0.05) is 5.16 Å². The van der Waals surface area contributed by atoms with Crippen molar-refractivity contribution >= 4 is 16.7 Å². The number of hydrogen-bond donors (Lipinski definition) is 0. The first-order valence-electron chi connectivity index (χ1n) is 8.77. The number of carbonyl (C=O) groups excluding carboxylic acids is 1. The Morgan fingerprint density at radius 2 is 1.93 bits per heavy atom. The Morgan fingerprint density at radius 1 is 1.22 bits per heavy atom. The van der Waals surface area contributed by atoms with Crippen LogP contribution >= 0.6 is 0 Å². The monoisotopic (exact) mass is 368 g/mol. The van der Waals surface area contributed by atoms with Gasteiger partial charge in [-0.2, -0.15) is 4.98 Å². The molecule has 0 atom stereocenters. The SMILES string of the molecule is CC(=O)c1cc(F)cc2c(=O)n(C)c(C34CC(c5nc(C)no5)(C3)C4)nc12. The van der Waals surface area contributed by atoms with E-state index < -0.39 is 5.82 Å². The fourth-order valence-corrected chi connectivity index (χ4v) is 4.85. The molecule has 0 radical (unpaired) electrons. The molecule has 7 nitrogen and oxygen atoms in total. The molecule has 0 saturated heterocycles. The van der Waals surface area contributed by atoms with Crippen molar-refractivity contribution in [2.45, 2.75) is 43.9 Å². The van der Waals surface area contributed by atoms with Crippen LogP contribution in [0.4, 0.5) is 4.39 Å². The van der Waals surface area contributed by atoms with E-state index in [4.69, 9.17) is 4.52 Å². The Hall–Kier alpha value is -2.90. The van der Waals surface area contributed by atoms with E-state index in [2.05, 4.69) is 15.1 Å². The zero-order chi connectivity index (χ0) is 19.1. The van der Waals surface area contributed by atoms with Gasteiger partial charge in [0.2, 0.25) is 5.89 Å². The first-order valence-corrected chi connectivity index (χ1v) is 8.77. The third kappa shape index (κ3) is 1.98. The molecule has 3 aromatic rings. The molecule has 6 rings (SSSR count). The first kappa shape index (κ1) is 16.3. The second-order valence-corrected chi connectivity index (χ2v) is 7.94. The quantitative estimate of drug-likeness (QED) is 0.659. The van der Waals surface area contributed by atoms with Crippen molar-refractivity contribution in [2.75, 3.05) is 0 Å². The number of aromatic nitrogens is 4. The zero-order valence-corrected chi connectivity index (χ0v) is 15.2. The van der Waals surface area contributed by atoms with Crippen LogP contribution in [0.5, 0.6) is 0 Å². The minimum atomic E-state index is -0.615. The molecule has 3 aliphatic rings. The Balaban J connectivity index is 1.63. The summed E-state index contributed by atoms with van der Waals surface area (Å²) in [6, 6.07) is 2.29. The molecule has 0 spiro atoms. The lowest BCUT2D eigenvalue weighted by Crippen LogP contribution is -2.68. The van der Waals surface area contributed by atoms with Crippen molar-refractivity contribution in [3.63, 3.8) is 0 Å². The molecule has 0 aliphatic heterocycles. The normalized spacial score (nSPS) is 25.9. The standard InChI is InChI=1S/C19H17FN4O3/c1-9(25)12-4-11(20)5-13-14(12)22-16(24(3)15(13)26)18-6-19(7-18,8-18)17-21-10(2)23-27-17/h4-5H,6-8H2,1-3H3. The van der Waals surface area contributed by atoms with Crippen molar-refractivity contribution in [3.8, 4) is 0 Å². The Bertz CT molecular complexity index is 1190. The summed E-state index contributed by atoms with van der Waals surface area (Å²) in [5.74, 6) is 0.941. The van der Waals surface area contributed by atoms with Gasteiger partial charge >= 0.3 is 0 Å². The summed E-state index contributed by atoms with van der Waals surface area (Å²) >= 11 is 0. The molecule has 8 heteroatoms. The minimum absolute atomic E-state index is 0.125. The number of Topliss-reactive ketones (excluding diaryl/α,β-unsaturated/α-hetero) is 1. The Kier molecular flexibility index (Phi) is 2.94. The summed E-state index contributed by atoms with van der Waals surface area (Å²) in [5.41, 5.74) is -0.316. The highest BCUT2D eigenvalue weighted by Gasteiger charge is 2.73. The van der Waals surface area contributed by atoms with Crippen LogP contribution in [-0.2, 0) is 17.9 Å². The maximum atomic E-state index is 13.9. The van der Waals surface area contributed by atoms with Gasteiger partial charge in [-0.25, -0.2) is 9.37 Å². The summed E-state index contributed by atoms with van der Waals surface area (Å²) < 4.78 is 20.7. The van der Waals surface area contributed by atoms with Crippen molar-refractivity contribution in [1.29, 1.82) is 0 Å². The summed E-state index contributed by atoms with van der Waals surface area (Å²) in [5, 5.41) is 3.99. The topological polar surface area (TPSA) is 90.9 Å². The molecule has 0 amide bonds. The molecule has 2 aromatic heterocycles. The Morgan fingerprint density at radius 3 is 2.52 bits per heavy atom. The van der Waals surface area contributed by atoms with Crippen molar-refractivity contribution in [1.82, 2.24) is 19.7 Å². The highest BCUT2D eigenvalue weighted by atomic mass is 19.1. The van der Waals surface area contributed by atoms with E-state index in [1.165, 1.54) is 11.5 Å². The minimum Gasteiger partial charge on any atom is -0.339 e. The number of carbonyl (C=O) groups is 1.